The van der Waals surface area contributed by atoms with Crippen molar-refractivity contribution >= 4 is 34.8 Å². The molecule has 0 saturated heterocycles. The van der Waals surface area contributed by atoms with Gasteiger partial charge in [-0.1, -0.05) is 17.7 Å². The Morgan fingerprint density at radius 3 is 2.42 bits per heavy atom. The highest BCUT2D eigenvalue weighted by molar-refractivity contribution is 6.33. The molecule has 166 valence electrons. The number of methoxy groups -OCH3 is 1. The van der Waals surface area contributed by atoms with Gasteiger partial charge in [-0.2, -0.15) is 0 Å². The molecular weight excluding hydrogens is 447 g/mol. The van der Waals surface area contributed by atoms with E-state index in [-0.39, 0.29) is 28.4 Å². The van der Waals surface area contributed by atoms with Crippen LogP contribution < -0.4 is 15.4 Å². The lowest BCUT2D eigenvalue weighted by Gasteiger charge is -2.15. The molecule has 0 aliphatic carbocycles. The van der Waals surface area contributed by atoms with Crippen LogP contribution in [-0.4, -0.2) is 28.5 Å². The molecule has 0 aliphatic heterocycles. The van der Waals surface area contributed by atoms with Crippen LogP contribution in [-0.2, 0) is 0 Å². The number of rotatable bonds is 6. The molecule has 2 aromatic heterocycles. The number of ether oxygens (including phenoxy) is 1. The number of anilines is 2. The second-order valence-electron chi connectivity index (χ2n) is 6.91. The van der Waals surface area contributed by atoms with E-state index >= 15 is 0 Å². The topological polar surface area (TPSA) is 85.2 Å². The molecule has 0 spiro atoms. The van der Waals surface area contributed by atoms with Crippen molar-refractivity contribution in [3.8, 4) is 11.4 Å². The minimum Gasteiger partial charge on any atom is -0.496 e. The van der Waals surface area contributed by atoms with Gasteiger partial charge < -0.3 is 19.9 Å². The van der Waals surface area contributed by atoms with Crippen LogP contribution in [0.3, 0.4) is 0 Å². The van der Waals surface area contributed by atoms with E-state index < -0.39 is 17.6 Å². The van der Waals surface area contributed by atoms with Crippen molar-refractivity contribution in [2.24, 2.45) is 0 Å². The van der Waals surface area contributed by atoms with Gasteiger partial charge in [-0.25, -0.2) is 4.39 Å². The average Bonchev–Trinajstić information content (AvgIpc) is 3.36. The van der Waals surface area contributed by atoms with Gasteiger partial charge in [0.2, 0.25) is 0 Å². The van der Waals surface area contributed by atoms with Crippen LogP contribution in [0.25, 0.3) is 5.69 Å². The molecule has 4 aromatic rings. The maximum absolute atomic E-state index is 14.0. The Kier molecular flexibility index (Phi) is 6.37. The Morgan fingerprint density at radius 1 is 0.970 bits per heavy atom. The van der Waals surface area contributed by atoms with E-state index in [1.54, 1.807) is 22.8 Å². The third-order valence-corrected chi connectivity index (χ3v) is 5.07. The van der Waals surface area contributed by atoms with E-state index in [2.05, 4.69) is 15.6 Å². The van der Waals surface area contributed by atoms with Crippen molar-refractivity contribution in [3.63, 3.8) is 0 Å². The number of nitrogens with one attached hydrogen (secondary N) is 2. The molecule has 9 heteroatoms. The first kappa shape index (κ1) is 22.0. The number of nitrogens with zero attached hydrogens (tertiary/aromatic N) is 2. The summed E-state index contributed by atoms with van der Waals surface area (Å²) in [6.45, 7) is 0. The summed E-state index contributed by atoms with van der Waals surface area (Å²) in [6.07, 6.45) is 5.10. The van der Waals surface area contributed by atoms with Crippen LogP contribution in [0.1, 0.15) is 20.8 Å². The van der Waals surface area contributed by atoms with Gasteiger partial charge in [0.25, 0.3) is 11.8 Å². The van der Waals surface area contributed by atoms with Crippen molar-refractivity contribution in [1.82, 2.24) is 9.55 Å². The largest absolute Gasteiger partial charge is 0.496 e. The van der Waals surface area contributed by atoms with E-state index in [0.717, 1.165) is 6.07 Å². The molecule has 0 fully saturated rings. The van der Waals surface area contributed by atoms with Gasteiger partial charge in [0, 0.05) is 24.7 Å². The van der Waals surface area contributed by atoms with E-state index in [1.807, 2.05) is 24.5 Å². The van der Waals surface area contributed by atoms with Crippen molar-refractivity contribution in [3.05, 3.63) is 101 Å². The van der Waals surface area contributed by atoms with Gasteiger partial charge in [0.1, 0.15) is 17.3 Å². The van der Waals surface area contributed by atoms with Crippen LogP contribution in [0.4, 0.5) is 15.8 Å². The number of benzene rings is 2. The lowest BCUT2D eigenvalue weighted by Crippen LogP contribution is -2.18. The van der Waals surface area contributed by atoms with Crippen molar-refractivity contribution in [2.45, 2.75) is 0 Å². The number of hydrogen-bond donors (Lipinski definition) is 2. The summed E-state index contributed by atoms with van der Waals surface area (Å²) >= 11 is 6.41. The van der Waals surface area contributed by atoms with Gasteiger partial charge in [0.05, 0.1) is 34.8 Å². The Morgan fingerprint density at radius 2 is 1.73 bits per heavy atom. The molecule has 33 heavy (non-hydrogen) atoms. The zero-order chi connectivity index (χ0) is 23.4. The van der Waals surface area contributed by atoms with Crippen LogP contribution in [0.2, 0.25) is 5.02 Å². The second-order valence-corrected chi connectivity index (χ2v) is 7.31. The predicted molar refractivity (Wildman–Crippen MR) is 124 cm³/mol. The molecular formula is C24H18ClFN4O3. The average molecular weight is 465 g/mol. The quantitative estimate of drug-likeness (QED) is 0.412. The fourth-order valence-corrected chi connectivity index (χ4v) is 3.45. The SMILES string of the molecule is COc1cc(-n2cccc2)c(Cl)cc1C(=O)Nc1cc(F)ccc1NC(=O)c1ccccn1. The molecule has 2 aromatic carbocycles. The highest BCUT2D eigenvalue weighted by atomic mass is 35.5. The third kappa shape index (κ3) is 4.86. The smallest absolute Gasteiger partial charge is 0.274 e. The Bertz CT molecular complexity index is 1310. The molecule has 2 heterocycles. The highest BCUT2D eigenvalue weighted by Gasteiger charge is 2.19. The third-order valence-electron chi connectivity index (χ3n) is 4.77. The zero-order valence-electron chi connectivity index (χ0n) is 17.4. The monoisotopic (exact) mass is 464 g/mol. The number of carbonyl (C=O) groups excluding carboxylic acids is 2. The first-order chi connectivity index (χ1) is 16.0. The van der Waals surface area contributed by atoms with Gasteiger partial charge in [0.15, 0.2) is 0 Å². The van der Waals surface area contributed by atoms with E-state index in [1.165, 1.54) is 37.6 Å². The zero-order valence-corrected chi connectivity index (χ0v) is 18.1. The fraction of sp³-hybridized carbons (Fsp3) is 0.0417. The number of hydrogen-bond acceptors (Lipinski definition) is 4. The molecule has 0 saturated carbocycles. The number of halogens is 2. The molecule has 7 nitrogen and oxygen atoms in total. The summed E-state index contributed by atoms with van der Waals surface area (Å²) in [5.41, 5.74) is 1.22. The standard InChI is InChI=1S/C24H18ClFN4O3/c1-33-22-14-21(30-10-4-5-11-30)17(25)13-16(22)23(31)29-20-12-15(26)7-8-18(20)28-24(32)19-6-2-3-9-27-19/h2-14H,1H3,(H,28,32)(H,29,31). The van der Waals surface area contributed by atoms with Gasteiger partial charge in [-0.3, -0.25) is 14.6 Å². The molecule has 0 bridgehead atoms. The molecule has 2 amide bonds. The number of aromatic nitrogens is 2. The number of amides is 2. The van der Waals surface area contributed by atoms with Crippen LogP contribution in [0.5, 0.6) is 5.75 Å². The number of pyridine rings is 1. The highest BCUT2D eigenvalue weighted by Crippen LogP contribution is 2.31. The number of carbonyl (C=O) groups is 2. The molecule has 0 unspecified atom stereocenters. The second kappa shape index (κ2) is 9.54. The molecule has 0 radical (unpaired) electrons. The summed E-state index contributed by atoms with van der Waals surface area (Å²) in [7, 11) is 1.43. The van der Waals surface area contributed by atoms with Gasteiger partial charge in [-0.05, 0) is 48.5 Å². The summed E-state index contributed by atoms with van der Waals surface area (Å²) in [6, 6.07) is 15.3. The molecule has 2 N–H and O–H groups in total. The van der Waals surface area contributed by atoms with E-state index in [9.17, 15) is 14.0 Å². The summed E-state index contributed by atoms with van der Waals surface area (Å²) < 4.78 is 21.1. The summed E-state index contributed by atoms with van der Waals surface area (Å²) in [4.78, 5) is 29.5. The Hall–Kier alpha value is -4.17. The first-order valence-corrected chi connectivity index (χ1v) is 10.2. The van der Waals surface area contributed by atoms with Crippen molar-refractivity contribution in [2.75, 3.05) is 17.7 Å². The minimum atomic E-state index is -0.591. The summed E-state index contributed by atoms with van der Waals surface area (Å²) in [5.74, 6) is -1.41. The minimum absolute atomic E-state index is 0.0666. The Balaban J connectivity index is 1.63. The predicted octanol–water partition coefficient (Wildman–Crippen LogP) is 5.18. The fourth-order valence-electron chi connectivity index (χ4n) is 3.18. The normalized spacial score (nSPS) is 10.5. The van der Waals surface area contributed by atoms with Gasteiger partial charge >= 0.3 is 0 Å². The Labute approximate surface area is 193 Å². The van der Waals surface area contributed by atoms with E-state index in [4.69, 9.17) is 16.3 Å². The molecule has 4 rings (SSSR count). The first-order valence-electron chi connectivity index (χ1n) is 9.80. The maximum atomic E-state index is 14.0. The van der Waals surface area contributed by atoms with Crippen LogP contribution in [0, 0.1) is 5.82 Å². The molecule has 0 aliphatic rings. The van der Waals surface area contributed by atoms with Crippen molar-refractivity contribution < 1.29 is 18.7 Å². The lowest BCUT2D eigenvalue weighted by atomic mass is 10.1. The van der Waals surface area contributed by atoms with E-state index in [0.29, 0.717) is 10.7 Å². The van der Waals surface area contributed by atoms with Gasteiger partial charge in [-0.15, -0.1) is 0 Å². The van der Waals surface area contributed by atoms with Crippen LogP contribution in [0.15, 0.2) is 79.3 Å². The maximum Gasteiger partial charge on any atom is 0.274 e. The lowest BCUT2D eigenvalue weighted by molar-refractivity contribution is 0.101. The molecule has 0 atom stereocenters. The summed E-state index contributed by atoms with van der Waals surface area (Å²) in [5, 5.41) is 5.58. The van der Waals surface area contributed by atoms with Crippen LogP contribution >= 0.6 is 11.6 Å². The van der Waals surface area contributed by atoms with Crippen molar-refractivity contribution in [1.29, 1.82) is 0 Å².